The van der Waals surface area contributed by atoms with E-state index >= 15 is 0 Å². The molecule has 1 aromatic rings. The molecule has 6 nitrogen and oxygen atoms in total. The maximum Gasteiger partial charge on any atom is 0.261 e. The molecule has 84 valence electrons. The lowest BCUT2D eigenvalue weighted by Gasteiger charge is -2.34. The smallest absolute Gasteiger partial charge is 0.261 e. The van der Waals surface area contributed by atoms with E-state index in [-0.39, 0.29) is 23.1 Å². The number of aliphatic hydroxyl groups is 1. The largest absolute Gasteiger partial charge is 0.390 e. The van der Waals surface area contributed by atoms with Gasteiger partial charge < -0.3 is 5.11 Å². The summed E-state index contributed by atoms with van der Waals surface area (Å²) < 4.78 is 26.2. The van der Waals surface area contributed by atoms with E-state index in [1.54, 1.807) is 0 Å². The van der Waals surface area contributed by atoms with Crippen molar-refractivity contribution in [1.82, 2.24) is 14.1 Å². The number of aliphatic hydroxyl groups excluding tert-OH is 1. The standard InChI is InChI=1S/C7H10ClN3O3S/c1-10-7(6(8)2-9-10)15(13,14)11-3-5(12)4-11/h2,5,12H,3-4H2,1H3. The van der Waals surface area contributed by atoms with Crippen LogP contribution >= 0.6 is 11.6 Å². The van der Waals surface area contributed by atoms with Crippen molar-refractivity contribution in [2.75, 3.05) is 13.1 Å². The Morgan fingerprint density at radius 1 is 1.60 bits per heavy atom. The number of aryl methyl sites for hydroxylation is 1. The Labute approximate surface area is 92.1 Å². The predicted octanol–water partition coefficient (Wildman–Crippen LogP) is -0.561. The molecule has 0 unspecified atom stereocenters. The molecule has 2 rings (SSSR count). The molecule has 0 spiro atoms. The lowest BCUT2D eigenvalue weighted by atomic mass is 10.2. The van der Waals surface area contributed by atoms with E-state index in [2.05, 4.69) is 5.10 Å². The molecular weight excluding hydrogens is 242 g/mol. The van der Waals surface area contributed by atoms with E-state index in [0.29, 0.717) is 0 Å². The molecule has 1 fully saturated rings. The second-order valence-corrected chi connectivity index (χ2v) is 5.66. The summed E-state index contributed by atoms with van der Waals surface area (Å²) in [5.74, 6) is 0. The van der Waals surface area contributed by atoms with E-state index in [0.717, 1.165) is 0 Å². The van der Waals surface area contributed by atoms with Crippen LogP contribution in [0.2, 0.25) is 5.02 Å². The van der Waals surface area contributed by atoms with E-state index in [1.165, 1.54) is 22.2 Å². The molecule has 1 aliphatic heterocycles. The highest BCUT2D eigenvalue weighted by molar-refractivity contribution is 7.89. The molecule has 1 saturated heterocycles. The van der Waals surface area contributed by atoms with Gasteiger partial charge in [0, 0.05) is 20.1 Å². The SMILES string of the molecule is Cn1ncc(Cl)c1S(=O)(=O)N1CC(O)C1. The molecule has 0 amide bonds. The number of hydrogen-bond donors (Lipinski definition) is 1. The topological polar surface area (TPSA) is 75.4 Å². The van der Waals surface area contributed by atoms with Crippen molar-refractivity contribution in [3.8, 4) is 0 Å². The summed E-state index contributed by atoms with van der Waals surface area (Å²) in [6.45, 7) is 0.230. The summed E-state index contributed by atoms with van der Waals surface area (Å²) >= 11 is 5.74. The van der Waals surface area contributed by atoms with Crippen LogP contribution in [0.5, 0.6) is 0 Å². The fourth-order valence-corrected chi connectivity index (χ4v) is 3.54. The van der Waals surface area contributed by atoms with Crippen LogP contribution in [0.25, 0.3) is 0 Å². The van der Waals surface area contributed by atoms with Gasteiger partial charge in [0.2, 0.25) is 0 Å². The van der Waals surface area contributed by atoms with Crippen molar-refractivity contribution in [1.29, 1.82) is 0 Å². The first-order valence-corrected chi connectivity index (χ1v) is 6.10. The van der Waals surface area contributed by atoms with Gasteiger partial charge >= 0.3 is 0 Å². The summed E-state index contributed by atoms with van der Waals surface area (Å²) in [5, 5.41) is 12.9. The Morgan fingerprint density at radius 3 is 2.60 bits per heavy atom. The van der Waals surface area contributed by atoms with Crippen LogP contribution in [0.1, 0.15) is 0 Å². The quantitative estimate of drug-likeness (QED) is 0.765. The summed E-state index contributed by atoms with van der Waals surface area (Å²) in [7, 11) is -2.10. The molecule has 0 aromatic carbocycles. The van der Waals surface area contributed by atoms with Crippen molar-refractivity contribution < 1.29 is 13.5 Å². The summed E-state index contributed by atoms with van der Waals surface area (Å²) in [4.78, 5) is 0. The van der Waals surface area contributed by atoms with Crippen LogP contribution in [-0.2, 0) is 17.1 Å². The van der Waals surface area contributed by atoms with E-state index in [1.807, 2.05) is 0 Å². The molecule has 0 saturated carbocycles. The Bertz CT molecular complexity index is 458. The van der Waals surface area contributed by atoms with E-state index in [4.69, 9.17) is 16.7 Å². The van der Waals surface area contributed by atoms with Crippen LogP contribution in [-0.4, -0.2) is 46.8 Å². The Hall–Kier alpha value is -0.630. The third kappa shape index (κ3) is 1.65. The summed E-state index contributed by atoms with van der Waals surface area (Å²) in [6, 6.07) is 0. The van der Waals surface area contributed by atoms with Gasteiger partial charge in [-0.25, -0.2) is 8.42 Å². The van der Waals surface area contributed by atoms with Crippen molar-refractivity contribution >= 4 is 21.6 Å². The fraction of sp³-hybridized carbons (Fsp3) is 0.571. The van der Waals surface area contributed by atoms with Crippen LogP contribution in [0.4, 0.5) is 0 Å². The first-order chi connectivity index (χ1) is 6.93. The first kappa shape index (κ1) is 10.9. The number of rotatable bonds is 2. The van der Waals surface area contributed by atoms with Crippen molar-refractivity contribution in [3.05, 3.63) is 11.2 Å². The number of hydrogen-bond acceptors (Lipinski definition) is 4. The Morgan fingerprint density at radius 2 is 2.20 bits per heavy atom. The average molecular weight is 252 g/mol. The van der Waals surface area contributed by atoms with Crippen molar-refractivity contribution in [2.24, 2.45) is 7.05 Å². The first-order valence-electron chi connectivity index (χ1n) is 4.28. The third-order valence-corrected chi connectivity index (χ3v) is 4.59. The fourth-order valence-electron chi connectivity index (χ4n) is 1.42. The average Bonchev–Trinajstić information content (AvgIpc) is 2.41. The van der Waals surface area contributed by atoms with E-state index in [9.17, 15) is 8.42 Å². The van der Waals surface area contributed by atoms with Crippen molar-refractivity contribution in [2.45, 2.75) is 11.1 Å². The van der Waals surface area contributed by atoms with Gasteiger partial charge in [0.05, 0.1) is 17.3 Å². The van der Waals surface area contributed by atoms with Gasteiger partial charge in [0.15, 0.2) is 5.03 Å². The monoisotopic (exact) mass is 251 g/mol. The molecule has 0 radical (unpaired) electrons. The summed E-state index contributed by atoms with van der Waals surface area (Å²) in [5.41, 5.74) is 0. The maximum atomic E-state index is 11.9. The summed E-state index contributed by atoms with van der Waals surface area (Å²) in [6.07, 6.45) is 0.705. The van der Waals surface area contributed by atoms with Gasteiger partial charge in [0.1, 0.15) is 0 Å². The zero-order valence-electron chi connectivity index (χ0n) is 7.96. The second-order valence-electron chi connectivity index (χ2n) is 3.40. The molecule has 0 aliphatic carbocycles. The number of β-amino-alcohol motifs (C(OH)–C–C–N with tert-alkyl or cyclic N) is 1. The van der Waals surface area contributed by atoms with E-state index < -0.39 is 16.1 Å². The van der Waals surface area contributed by atoms with Gasteiger partial charge in [-0.1, -0.05) is 11.6 Å². The van der Waals surface area contributed by atoms with Gasteiger partial charge in [-0.2, -0.15) is 9.40 Å². The Balaban J connectivity index is 2.38. The van der Waals surface area contributed by atoms with Gasteiger partial charge in [-0.05, 0) is 0 Å². The maximum absolute atomic E-state index is 11.9. The van der Waals surface area contributed by atoms with Crippen LogP contribution in [0.3, 0.4) is 0 Å². The molecular formula is C7H10ClN3O3S. The zero-order chi connectivity index (χ0) is 11.2. The minimum absolute atomic E-state index is 0.0314. The highest BCUT2D eigenvalue weighted by Gasteiger charge is 2.38. The zero-order valence-corrected chi connectivity index (χ0v) is 9.53. The number of sulfonamides is 1. The minimum atomic E-state index is -3.61. The molecule has 0 atom stereocenters. The third-order valence-electron chi connectivity index (χ3n) is 2.26. The van der Waals surface area contributed by atoms with Crippen LogP contribution in [0, 0.1) is 0 Å². The highest BCUT2D eigenvalue weighted by atomic mass is 35.5. The molecule has 2 heterocycles. The highest BCUT2D eigenvalue weighted by Crippen LogP contribution is 2.26. The number of halogens is 1. The molecule has 15 heavy (non-hydrogen) atoms. The molecule has 0 bridgehead atoms. The lowest BCUT2D eigenvalue weighted by molar-refractivity contribution is 0.0544. The van der Waals surface area contributed by atoms with Crippen LogP contribution in [0.15, 0.2) is 11.2 Å². The molecule has 1 aromatic heterocycles. The molecule has 1 N–H and O–H groups in total. The van der Waals surface area contributed by atoms with Crippen LogP contribution < -0.4 is 0 Å². The molecule has 8 heteroatoms. The lowest BCUT2D eigenvalue weighted by Crippen LogP contribution is -2.53. The number of aromatic nitrogens is 2. The second kappa shape index (κ2) is 3.44. The Kier molecular flexibility index (Phi) is 2.50. The molecule has 1 aliphatic rings. The minimum Gasteiger partial charge on any atom is -0.390 e. The van der Waals surface area contributed by atoms with Crippen molar-refractivity contribution in [3.63, 3.8) is 0 Å². The van der Waals surface area contributed by atoms with Gasteiger partial charge in [-0.3, -0.25) is 4.68 Å². The normalized spacial score (nSPS) is 19.1. The van der Waals surface area contributed by atoms with Gasteiger partial charge in [0.25, 0.3) is 10.0 Å². The van der Waals surface area contributed by atoms with Gasteiger partial charge in [-0.15, -0.1) is 0 Å². The number of nitrogens with zero attached hydrogens (tertiary/aromatic N) is 3. The predicted molar refractivity (Wildman–Crippen MR) is 53.0 cm³/mol.